The Balaban J connectivity index is 2.34. The summed E-state index contributed by atoms with van der Waals surface area (Å²) in [6.45, 7) is 9.46. The number of anilines is 2. The van der Waals surface area contributed by atoms with Crippen LogP contribution in [0.5, 0.6) is 0 Å². The van der Waals surface area contributed by atoms with Crippen LogP contribution in [0.15, 0.2) is 36.4 Å². The van der Waals surface area contributed by atoms with E-state index >= 15 is 0 Å². The standard InChI is InChI=1S/C17H24N4/c1-5-18-15-11-16(19-13(4)12(2)3)21-17(20-15)14-9-7-6-8-10-14/h6-13H,5H2,1-4H3,(H2,18,19,20,21). The number of hydrogen-bond donors (Lipinski definition) is 2. The van der Waals surface area contributed by atoms with Gasteiger partial charge in [-0.3, -0.25) is 0 Å². The van der Waals surface area contributed by atoms with Gasteiger partial charge in [0.15, 0.2) is 5.82 Å². The van der Waals surface area contributed by atoms with Gasteiger partial charge >= 0.3 is 0 Å². The first-order chi connectivity index (χ1) is 10.1. The summed E-state index contributed by atoms with van der Waals surface area (Å²) in [7, 11) is 0. The molecule has 4 nitrogen and oxygen atoms in total. The Morgan fingerprint density at radius 3 is 2.29 bits per heavy atom. The van der Waals surface area contributed by atoms with E-state index in [4.69, 9.17) is 0 Å². The van der Waals surface area contributed by atoms with E-state index in [-0.39, 0.29) is 0 Å². The molecule has 1 heterocycles. The predicted octanol–water partition coefficient (Wildman–Crippen LogP) is 4.03. The van der Waals surface area contributed by atoms with Gasteiger partial charge in [-0.2, -0.15) is 0 Å². The highest BCUT2D eigenvalue weighted by molar-refractivity contribution is 5.61. The van der Waals surface area contributed by atoms with Gasteiger partial charge in [0.2, 0.25) is 0 Å². The Kier molecular flexibility index (Phi) is 5.14. The zero-order chi connectivity index (χ0) is 15.2. The van der Waals surface area contributed by atoms with Crippen molar-refractivity contribution in [2.45, 2.75) is 33.7 Å². The van der Waals surface area contributed by atoms with Crippen LogP contribution in [0, 0.1) is 5.92 Å². The monoisotopic (exact) mass is 284 g/mol. The molecule has 0 fully saturated rings. The lowest BCUT2D eigenvalue weighted by molar-refractivity contribution is 0.558. The van der Waals surface area contributed by atoms with Crippen LogP contribution in [0.3, 0.4) is 0 Å². The quantitative estimate of drug-likeness (QED) is 0.840. The Bertz CT molecular complexity index is 566. The molecule has 21 heavy (non-hydrogen) atoms. The summed E-state index contributed by atoms with van der Waals surface area (Å²) in [5.41, 5.74) is 1.03. The normalized spacial score (nSPS) is 12.2. The summed E-state index contributed by atoms with van der Waals surface area (Å²) < 4.78 is 0. The highest BCUT2D eigenvalue weighted by Crippen LogP contribution is 2.21. The molecule has 1 aromatic heterocycles. The highest BCUT2D eigenvalue weighted by Gasteiger charge is 2.11. The smallest absolute Gasteiger partial charge is 0.163 e. The molecule has 1 atom stereocenters. The van der Waals surface area contributed by atoms with Gasteiger partial charge in [-0.25, -0.2) is 9.97 Å². The van der Waals surface area contributed by atoms with Gasteiger partial charge in [0, 0.05) is 24.2 Å². The Labute approximate surface area is 127 Å². The van der Waals surface area contributed by atoms with Crippen molar-refractivity contribution in [1.29, 1.82) is 0 Å². The van der Waals surface area contributed by atoms with Crippen molar-refractivity contribution < 1.29 is 0 Å². The first-order valence-electron chi connectivity index (χ1n) is 7.55. The molecule has 0 saturated carbocycles. The Morgan fingerprint density at radius 2 is 1.67 bits per heavy atom. The zero-order valence-electron chi connectivity index (χ0n) is 13.2. The minimum absolute atomic E-state index is 0.359. The summed E-state index contributed by atoms with van der Waals surface area (Å²) >= 11 is 0. The third-order valence-corrected chi connectivity index (χ3v) is 3.49. The lowest BCUT2D eigenvalue weighted by Crippen LogP contribution is -2.22. The summed E-state index contributed by atoms with van der Waals surface area (Å²) in [6, 6.07) is 12.4. The van der Waals surface area contributed by atoms with Crippen LogP contribution in [-0.2, 0) is 0 Å². The fourth-order valence-electron chi connectivity index (χ4n) is 1.91. The summed E-state index contributed by atoms with van der Waals surface area (Å²) in [4.78, 5) is 9.23. The van der Waals surface area contributed by atoms with Crippen LogP contribution < -0.4 is 10.6 Å². The largest absolute Gasteiger partial charge is 0.370 e. The fourth-order valence-corrected chi connectivity index (χ4v) is 1.91. The van der Waals surface area contributed by atoms with Gasteiger partial charge in [-0.05, 0) is 19.8 Å². The van der Waals surface area contributed by atoms with Crippen LogP contribution in [0.25, 0.3) is 11.4 Å². The van der Waals surface area contributed by atoms with Crippen LogP contribution in [-0.4, -0.2) is 22.6 Å². The van der Waals surface area contributed by atoms with E-state index in [9.17, 15) is 0 Å². The average molecular weight is 284 g/mol. The van der Waals surface area contributed by atoms with Crippen molar-refractivity contribution in [2.75, 3.05) is 17.2 Å². The van der Waals surface area contributed by atoms with Crippen LogP contribution in [0.4, 0.5) is 11.6 Å². The molecule has 0 saturated heterocycles. The predicted molar refractivity (Wildman–Crippen MR) is 89.6 cm³/mol. The van der Waals surface area contributed by atoms with Crippen molar-refractivity contribution in [2.24, 2.45) is 5.92 Å². The minimum Gasteiger partial charge on any atom is -0.370 e. The number of nitrogens with one attached hydrogen (secondary N) is 2. The fraction of sp³-hybridized carbons (Fsp3) is 0.412. The Morgan fingerprint density at radius 1 is 1.00 bits per heavy atom. The van der Waals surface area contributed by atoms with E-state index in [0.29, 0.717) is 12.0 Å². The first-order valence-corrected chi connectivity index (χ1v) is 7.55. The maximum absolute atomic E-state index is 4.65. The molecule has 112 valence electrons. The van der Waals surface area contributed by atoms with Crippen molar-refractivity contribution in [3.8, 4) is 11.4 Å². The number of nitrogens with zero attached hydrogens (tertiary/aromatic N) is 2. The minimum atomic E-state index is 0.359. The maximum Gasteiger partial charge on any atom is 0.163 e. The molecule has 0 aliphatic rings. The van der Waals surface area contributed by atoms with Gasteiger partial charge in [-0.15, -0.1) is 0 Å². The zero-order valence-corrected chi connectivity index (χ0v) is 13.2. The molecule has 0 amide bonds. The maximum atomic E-state index is 4.65. The van der Waals surface area contributed by atoms with E-state index in [1.807, 2.05) is 36.4 Å². The summed E-state index contributed by atoms with van der Waals surface area (Å²) in [5, 5.41) is 6.73. The molecule has 0 spiro atoms. The average Bonchev–Trinajstić information content (AvgIpc) is 2.48. The topological polar surface area (TPSA) is 49.8 Å². The molecule has 0 radical (unpaired) electrons. The number of rotatable bonds is 6. The number of aromatic nitrogens is 2. The molecule has 2 N–H and O–H groups in total. The van der Waals surface area contributed by atoms with Crippen LogP contribution in [0.1, 0.15) is 27.7 Å². The highest BCUT2D eigenvalue weighted by atomic mass is 15.1. The van der Waals surface area contributed by atoms with Gasteiger partial charge in [0.05, 0.1) is 0 Å². The van der Waals surface area contributed by atoms with Gasteiger partial charge < -0.3 is 10.6 Å². The number of hydrogen-bond acceptors (Lipinski definition) is 4. The molecular formula is C17H24N4. The molecule has 1 aromatic carbocycles. The summed E-state index contributed by atoms with van der Waals surface area (Å²) in [5.74, 6) is 3.00. The van der Waals surface area contributed by atoms with E-state index in [2.05, 4.69) is 48.3 Å². The van der Waals surface area contributed by atoms with E-state index in [0.717, 1.165) is 29.6 Å². The van der Waals surface area contributed by atoms with E-state index < -0.39 is 0 Å². The second kappa shape index (κ2) is 7.07. The van der Waals surface area contributed by atoms with Crippen molar-refractivity contribution >= 4 is 11.6 Å². The van der Waals surface area contributed by atoms with Gasteiger partial charge in [-0.1, -0.05) is 44.2 Å². The SMILES string of the molecule is CCNc1cc(NC(C)C(C)C)nc(-c2ccccc2)n1. The Hall–Kier alpha value is -2.10. The van der Waals surface area contributed by atoms with Crippen LogP contribution >= 0.6 is 0 Å². The lowest BCUT2D eigenvalue weighted by atomic mass is 10.1. The molecule has 0 aliphatic heterocycles. The first kappa shape index (κ1) is 15.3. The van der Waals surface area contributed by atoms with Crippen molar-refractivity contribution in [1.82, 2.24) is 9.97 Å². The second-order valence-electron chi connectivity index (χ2n) is 5.54. The molecule has 1 unspecified atom stereocenters. The second-order valence-corrected chi connectivity index (χ2v) is 5.54. The molecule has 4 heteroatoms. The molecule has 2 rings (SSSR count). The van der Waals surface area contributed by atoms with Crippen molar-refractivity contribution in [3.63, 3.8) is 0 Å². The molecule has 0 aliphatic carbocycles. The summed E-state index contributed by atoms with van der Waals surface area (Å²) in [6.07, 6.45) is 0. The molecule has 0 bridgehead atoms. The van der Waals surface area contributed by atoms with Gasteiger partial charge in [0.1, 0.15) is 11.6 Å². The van der Waals surface area contributed by atoms with Crippen LogP contribution in [0.2, 0.25) is 0 Å². The van der Waals surface area contributed by atoms with E-state index in [1.54, 1.807) is 0 Å². The number of benzene rings is 1. The third-order valence-electron chi connectivity index (χ3n) is 3.49. The lowest BCUT2D eigenvalue weighted by Gasteiger charge is -2.19. The van der Waals surface area contributed by atoms with E-state index in [1.165, 1.54) is 0 Å². The molecular weight excluding hydrogens is 260 g/mol. The van der Waals surface area contributed by atoms with Gasteiger partial charge in [0.25, 0.3) is 0 Å². The van der Waals surface area contributed by atoms with Crippen molar-refractivity contribution in [3.05, 3.63) is 36.4 Å². The third kappa shape index (κ3) is 4.18. The molecule has 2 aromatic rings.